The fourth-order valence-electron chi connectivity index (χ4n) is 4.19. The first-order valence-electron chi connectivity index (χ1n) is 9.38. The summed E-state index contributed by atoms with van der Waals surface area (Å²) in [6, 6.07) is 10.3. The average Bonchev–Trinajstić information content (AvgIpc) is 3.21. The fraction of sp³-hybridized carbons (Fsp3) is 0.550. The second-order valence-electron chi connectivity index (χ2n) is 7.43. The van der Waals surface area contributed by atoms with Gasteiger partial charge >= 0.3 is 0 Å². The van der Waals surface area contributed by atoms with E-state index in [9.17, 15) is 5.11 Å². The van der Waals surface area contributed by atoms with E-state index in [2.05, 4.69) is 38.4 Å². The molecule has 0 atom stereocenters. The summed E-state index contributed by atoms with van der Waals surface area (Å²) in [5.41, 5.74) is -0.567. The highest BCUT2D eigenvalue weighted by Crippen LogP contribution is 2.41. The minimum Gasteiger partial charge on any atom is -0.384 e. The Morgan fingerprint density at radius 2 is 1.88 bits per heavy atom. The Morgan fingerprint density at radius 1 is 1.08 bits per heavy atom. The van der Waals surface area contributed by atoms with E-state index in [1.165, 1.54) is 6.54 Å². The van der Waals surface area contributed by atoms with Crippen LogP contribution in [0.1, 0.15) is 30.6 Å². The first kappa shape index (κ1) is 17.0. The van der Waals surface area contributed by atoms with Crippen molar-refractivity contribution in [3.8, 4) is 0 Å². The molecular formula is C20H27N3OS. The molecule has 0 unspecified atom stereocenters. The van der Waals surface area contributed by atoms with Gasteiger partial charge < -0.3 is 10.0 Å². The molecule has 4 rings (SSSR count). The van der Waals surface area contributed by atoms with Gasteiger partial charge in [0.15, 0.2) is 0 Å². The predicted octanol–water partition coefficient (Wildman–Crippen LogP) is 3.34. The van der Waals surface area contributed by atoms with Crippen molar-refractivity contribution in [1.82, 2.24) is 9.88 Å². The van der Waals surface area contributed by atoms with E-state index in [1.54, 1.807) is 11.3 Å². The van der Waals surface area contributed by atoms with E-state index in [0.717, 1.165) is 68.5 Å². The molecule has 2 aromatic rings. The summed E-state index contributed by atoms with van der Waals surface area (Å²) in [5.74, 6) is 1.82. The number of hydrogen-bond donors (Lipinski definition) is 1. The summed E-state index contributed by atoms with van der Waals surface area (Å²) in [4.78, 5) is 10.6. The monoisotopic (exact) mass is 357 g/mol. The molecule has 134 valence electrons. The van der Waals surface area contributed by atoms with Gasteiger partial charge in [-0.2, -0.15) is 0 Å². The van der Waals surface area contributed by atoms with Gasteiger partial charge in [-0.1, -0.05) is 12.1 Å². The lowest BCUT2D eigenvalue weighted by Gasteiger charge is -2.40. The molecule has 0 aromatic carbocycles. The Morgan fingerprint density at radius 3 is 2.52 bits per heavy atom. The van der Waals surface area contributed by atoms with Gasteiger partial charge in [0.25, 0.3) is 0 Å². The summed E-state index contributed by atoms with van der Waals surface area (Å²) in [5, 5.41) is 13.0. The van der Waals surface area contributed by atoms with E-state index >= 15 is 0 Å². The molecule has 2 aliphatic rings. The number of hydrogen-bond acceptors (Lipinski definition) is 5. The molecule has 4 nitrogen and oxygen atoms in total. The van der Waals surface area contributed by atoms with E-state index in [-0.39, 0.29) is 0 Å². The third-order valence-corrected chi connectivity index (χ3v) is 6.84. The highest BCUT2D eigenvalue weighted by atomic mass is 32.1. The van der Waals surface area contributed by atoms with Crippen molar-refractivity contribution in [3.05, 3.63) is 46.8 Å². The van der Waals surface area contributed by atoms with Crippen LogP contribution in [0.5, 0.6) is 0 Å². The van der Waals surface area contributed by atoms with E-state index < -0.39 is 5.60 Å². The lowest BCUT2D eigenvalue weighted by Crippen LogP contribution is -2.48. The molecule has 0 spiro atoms. The predicted molar refractivity (Wildman–Crippen MR) is 103 cm³/mol. The molecule has 0 amide bonds. The van der Waals surface area contributed by atoms with Crippen LogP contribution in [0, 0.1) is 5.92 Å². The Hall–Kier alpha value is -1.43. The summed E-state index contributed by atoms with van der Waals surface area (Å²) in [6.07, 6.45) is 5.96. The van der Waals surface area contributed by atoms with Crippen molar-refractivity contribution in [2.24, 2.45) is 5.92 Å². The quantitative estimate of drug-likeness (QED) is 0.911. The topological polar surface area (TPSA) is 39.6 Å². The van der Waals surface area contributed by atoms with Crippen LogP contribution in [0.25, 0.3) is 0 Å². The maximum Gasteiger partial charge on any atom is 0.128 e. The Labute approximate surface area is 154 Å². The van der Waals surface area contributed by atoms with Crippen molar-refractivity contribution in [2.45, 2.75) is 31.3 Å². The number of aromatic nitrogens is 1. The first-order valence-corrected chi connectivity index (χ1v) is 10.3. The summed E-state index contributed by atoms with van der Waals surface area (Å²) >= 11 is 1.69. The number of anilines is 1. The minimum absolute atomic E-state index is 0.567. The molecule has 1 aliphatic heterocycles. The molecule has 3 heterocycles. The number of aliphatic hydroxyl groups is 1. The molecule has 1 saturated carbocycles. The van der Waals surface area contributed by atoms with Crippen LogP contribution in [0.2, 0.25) is 0 Å². The molecule has 0 radical (unpaired) electrons. The summed E-state index contributed by atoms with van der Waals surface area (Å²) in [7, 11) is 0. The number of piperazine rings is 1. The zero-order chi connectivity index (χ0) is 17.1. The highest BCUT2D eigenvalue weighted by molar-refractivity contribution is 7.10. The van der Waals surface area contributed by atoms with Crippen LogP contribution in [0.15, 0.2) is 41.9 Å². The normalized spacial score (nSPS) is 28.2. The van der Waals surface area contributed by atoms with Crippen LogP contribution >= 0.6 is 11.3 Å². The molecule has 25 heavy (non-hydrogen) atoms. The van der Waals surface area contributed by atoms with Gasteiger partial charge in [0.05, 0.1) is 5.60 Å². The zero-order valence-electron chi connectivity index (χ0n) is 14.7. The molecule has 0 bridgehead atoms. The molecule has 2 aromatic heterocycles. The van der Waals surface area contributed by atoms with Gasteiger partial charge in [0.1, 0.15) is 5.82 Å². The van der Waals surface area contributed by atoms with Gasteiger partial charge in [-0.3, -0.25) is 4.90 Å². The third-order valence-electron chi connectivity index (χ3n) is 5.77. The molecule has 5 heteroatoms. The maximum atomic E-state index is 10.9. The number of pyridine rings is 1. The standard InChI is InChI=1S/C20H27N3OS/c24-20(18-4-3-15-25-18)8-6-17(7-9-20)16-22-11-13-23(14-12-22)19-5-1-2-10-21-19/h1-5,10,15,17,24H,6-9,11-14,16H2/t17-,20-. The van der Waals surface area contributed by atoms with Crippen molar-refractivity contribution in [1.29, 1.82) is 0 Å². The largest absolute Gasteiger partial charge is 0.384 e. The third kappa shape index (κ3) is 3.89. The average molecular weight is 358 g/mol. The number of thiophene rings is 1. The lowest BCUT2D eigenvalue weighted by atomic mass is 9.78. The molecule has 2 fully saturated rings. The van der Waals surface area contributed by atoms with E-state index in [0.29, 0.717) is 0 Å². The van der Waals surface area contributed by atoms with Crippen molar-refractivity contribution in [2.75, 3.05) is 37.6 Å². The van der Waals surface area contributed by atoms with Crippen LogP contribution in [0.4, 0.5) is 5.82 Å². The maximum absolute atomic E-state index is 10.9. The summed E-state index contributed by atoms with van der Waals surface area (Å²) in [6.45, 7) is 5.52. The zero-order valence-corrected chi connectivity index (χ0v) is 15.5. The molecular weight excluding hydrogens is 330 g/mol. The molecule has 1 aliphatic carbocycles. The van der Waals surface area contributed by atoms with Crippen molar-refractivity contribution in [3.63, 3.8) is 0 Å². The Balaban J connectivity index is 1.25. The van der Waals surface area contributed by atoms with Crippen LogP contribution in [-0.2, 0) is 5.60 Å². The lowest BCUT2D eigenvalue weighted by molar-refractivity contribution is -0.0155. The minimum atomic E-state index is -0.567. The second kappa shape index (κ2) is 7.44. The first-order chi connectivity index (χ1) is 12.2. The molecule has 1 saturated heterocycles. The van der Waals surface area contributed by atoms with Gasteiger partial charge in [0, 0.05) is 43.8 Å². The van der Waals surface area contributed by atoms with Crippen molar-refractivity contribution < 1.29 is 5.11 Å². The summed E-state index contributed by atoms with van der Waals surface area (Å²) < 4.78 is 0. The fourth-order valence-corrected chi connectivity index (χ4v) is 5.08. The SMILES string of the molecule is O[C@]1(c2cccs2)CC[C@@H](CN2CCN(c3ccccn3)CC2)CC1. The van der Waals surface area contributed by atoms with E-state index in [1.807, 2.05) is 18.3 Å². The highest BCUT2D eigenvalue weighted by Gasteiger charge is 2.36. The number of nitrogens with zero attached hydrogens (tertiary/aromatic N) is 3. The number of rotatable bonds is 4. The van der Waals surface area contributed by atoms with Crippen LogP contribution < -0.4 is 4.90 Å². The second-order valence-corrected chi connectivity index (χ2v) is 8.38. The van der Waals surface area contributed by atoms with Gasteiger partial charge in [0.2, 0.25) is 0 Å². The van der Waals surface area contributed by atoms with Crippen molar-refractivity contribution >= 4 is 17.2 Å². The van der Waals surface area contributed by atoms with Crippen LogP contribution in [-0.4, -0.2) is 47.7 Å². The Kier molecular flexibility index (Phi) is 5.06. The van der Waals surface area contributed by atoms with Crippen LogP contribution in [0.3, 0.4) is 0 Å². The smallest absolute Gasteiger partial charge is 0.128 e. The molecule has 1 N–H and O–H groups in total. The van der Waals surface area contributed by atoms with Gasteiger partial charge in [-0.15, -0.1) is 11.3 Å². The Bertz CT molecular complexity index is 645. The van der Waals surface area contributed by atoms with Gasteiger partial charge in [-0.05, 0) is 55.2 Å². The van der Waals surface area contributed by atoms with Gasteiger partial charge in [-0.25, -0.2) is 4.98 Å². The van der Waals surface area contributed by atoms with E-state index in [4.69, 9.17) is 0 Å².